The first kappa shape index (κ1) is 7.94. The Balaban J connectivity index is 2.11. The average Bonchev–Trinajstić information content (AvgIpc) is 2.85. The lowest BCUT2D eigenvalue weighted by atomic mass is 10.0. The molecule has 4 heteroatoms. The van der Waals surface area contributed by atoms with Crippen LogP contribution in [0.1, 0.15) is 18.0 Å². The molecule has 0 amide bonds. The minimum absolute atomic E-state index is 0.559. The van der Waals surface area contributed by atoms with Gasteiger partial charge in [-0.2, -0.15) is 0 Å². The van der Waals surface area contributed by atoms with Gasteiger partial charge in [0, 0.05) is 24.9 Å². The van der Waals surface area contributed by atoms with Gasteiger partial charge >= 0.3 is 0 Å². The molecule has 0 saturated carbocycles. The number of imidazole rings is 1. The van der Waals surface area contributed by atoms with Gasteiger partial charge in [0.25, 0.3) is 0 Å². The highest BCUT2D eigenvalue weighted by molar-refractivity contribution is 5.51. The maximum Gasteiger partial charge on any atom is 0.0996 e. The summed E-state index contributed by atoms with van der Waals surface area (Å²) in [6.07, 6.45) is 8.66. The zero-order valence-electron chi connectivity index (χ0n) is 7.85. The van der Waals surface area contributed by atoms with Gasteiger partial charge < -0.3 is 9.72 Å². The van der Waals surface area contributed by atoms with E-state index in [9.17, 15) is 0 Å². The van der Waals surface area contributed by atoms with Crippen molar-refractivity contribution in [3.05, 3.63) is 30.6 Å². The summed E-state index contributed by atoms with van der Waals surface area (Å²) in [4.78, 5) is 8.60. The smallest absolute Gasteiger partial charge is 0.0996 e. The van der Waals surface area contributed by atoms with Gasteiger partial charge in [-0.25, -0.2) is 4.98 Å². The highest BCUT2D eigenvalue weighted by Crippen LogP contribution is 2.24. The molecular weight excluding hydrogens is 176 g/mol. The monoisotopic (exact) mass is 188 g/mol. The van der Waals surface area contributed by atoms with E-state index in [1.807, 2.05) is 23.1 Å². The Kier molecular flexibility index (Phi) is 1.73. The maximum atomic E-state index is 4.46. The summed E-state index contributed by atoms with van der Waals surface area (Å²) in [6.45, 7) is 2.14. The highest BCUT2D eigenvalue weighted by Gasteiger charge is 2.20. The van der Waals surface area contributed by atoms with Crippen molar-refractivity contribution in [3.63, 3.8) is 0 Å². The van der Waals surface area contributed by atoms with Crippen LogP contribution in [-0.4, -0.2) is 27.5 Å². The van der Waals surface area contributed by atoms with Gasteiger partial charge in [-0.1, -0.05) is 0 Å². The van der Waals surface area contributed by atoms with E-state index in [2.05, 4.69) is 15.3 Å². The van der Waals surface area contributed by atoms with Crippen molar-refractivity contribution < 1.29 is 0 Å². The molecule has 1 N–H and O–H groups in total. The van der Waals surface area contributed by atoms with Crippen LogP contribution in [0.2, 0.25) is 0 Å². The van der Waals surface area contributed by atoms with Crippen LogP contribution in [0.3, 0.4) is 0 Å². The van der Waals surface area contributed by atoms with Crippen molar-refractivity contribution >= 4 is 5.52 Å². The largest absolute Gasteiger partial charge is 0.316 e. The molecule has 0 aromatic carbocycles. The SMILES string of the molecule is c1cn2cnc(C3CCNC3)c2cn1. The van der Waals surface area contributed by atoms with Crippen molar-refractivity contribution in [2.24, 2.45) is 0 Å². The van der Waals surface area contributed by atoms with Crippen molar-refractivity contribution in [1.82, 2.24) is 19.7 Å². The molecule has 72 valence electrons. The van der Waals surface area contributed by atoms with Gasteiger partial charge in [0.15, 0.2) is 0 Å². The third-order valence-electron chi connectivity index (χ3n) is 2.82. The van der Waals surface area contributed by atoms with Gasteiger partial charge in [-0.3, -0.25) is 4.98 Å². The number of nitrogens with zero attached hydrogens (tertiary/aromatic N) is 3. The van der Waals surface area contributed by atoms with Crippen molar-refractivity contribution in [1.29, 1.82) is 0 Å². The molecule has 4 nitrogen and oxygen atoms in total. The Morgan fingerprint density at radius 1 is 1.50 bits per heavy atom. The molecular formula is C10H12N4. The number of aromatic nitrogens is 3. The Hall–Kier alpha value is -1.42. The third-order valence-corrected chi connectivity index (χ3v) is 2.82. The molecule has 0 spiro atoms. The molecule has 3 rings (SSSR count). The second-order valence-corrected chi connectivity index (χ2v) is 3.69. The van der Waals surface area contributed by atoms with Crippen molar-refractivity contribution in [3.8, 4) is 0 Å². The fraction of sp³-hybridized carbons (Fsp3) is 0.400. The minimum atomic E-state index is 0.559. The molecule has 2 aromatic rings. The Morgan fingerprint density at radius 2 is 2.50 bits per heavy atom. The van der Waals surface area contributed by atoms with Gasteiger partial charge in [-0.15, -0.1) is 0 Å². The van der Waals surface area contributed by atoms with Crippen LogP contribution in [0.4, 0.5) is 0 Å². The minimum Gasteiger partial charge on any atom is -0.316 e. The van der Waals surface area contributed by atoms with E-state index in [0.29, 0.717) is 5.92 Å². The summed E-state index contributed by atoms with van der Waals surface area (Å²) in [5, 5.41) is 3.36. The van der Waals surface area contributed by atoms with Crippen LogP contribution in [0.15, 0.2) is 24.9 Å². The number of rotatable bonds is 1. The van der Waals surface area contributed by atoms with Crippen LogP contribution >= 0.6 is 0 Å². The fourth-order valence-electron chi connectivity index (χ4n) is 2.06. The number of hydrogen-bond acceptors (Lipinski definition) is 3. The summed E-state index contributed by atoms with van der Waals surface area (Å²) in [7, 11) is 0. The number of hydrogen-bond donors (Lipinski definition) is 1. The first-order chi connectivity index (χ1) is 6.95. The van der Waals surface area contributed by atoms with Gasteiger partial charge in [0.2, 0.25) is 0 Å². The lowest BCUT2D eigenvalue weighted by Crippen LogP contribution is -2.08. The first-order valence-electron chi connectivity index (χ1n) is 4.92. The normalized spacial score (nSPS) is 21.9. The molecule has 1 atom stereocenters. The molecule has 1 saturated heterocycles. The van der Waals surface area contributed by atoms with E-state index < -0.39 is 0 Å². The molecule has 1 fully saturated rings. The Morgan fingerprint density at radius 3 is 3.36 bits per heavy atom. The summed E-state index contributed by atoms with van der Waals surface area (Å²) in [6, 6.07) is 0. The molecule has 1 aliphatic heterocycles. The molecule has 3 heterocycles. The zero-order valence-corrected chi connectivity index (χ0v) is 7.85. The van der Waals surface area contributed by atoms with Gasteiger partial charge in [-0.05, 0) is 13.0 Å². The fourth-order valence-corrected chi connectivity index (χ4v) is 2.06. The van der Waals surface area contributed by atoms with Crippen molar-refractivity contribution in [2.75, 3.05) is 13.1 Å². The summed E-state index contributed by atoms with van der Waals surface area (Å²) in [5.74, 6) is 0.559. The average molecular weight is 188 g/mol. The van der Waals surface area contributed by atoms with E-state index in [0.717, 1.165) is 18.6 Å². The molecule has 2 aromatic heterocycles. The second-order valence-electron chi connectivity index (χ2n) is 3.69. The second kappa shape index (κ2) is 3.06. The van der Waals surface area contributed by atoms with E-state index >= 15 is 0 Å². The van der Waals surface area contributed by atoms with E-state index in [-0.39, 0.29) is 0 Å². The quantitative estimate of drug-likeness (QED) is 0.720. The molecule has 1 unspecified atom stereocenters. The lowest BCUT2D eigenvalue weighted by Gasteiger charge is -2.04. The summed E-state index contributed by atoms with van der Waals surface area (Å²) >= 11 is 0. The maximum absolute atomic E-state index is 4.46. The number of fused-ring (bicyclic) bond motifs is 1. The van der Waals surface area contributed by atoms with Crippen LogP contribution in [0.5, 0.6) is 0 Å². The first-order valence-corrected chi connectivity index (χ1v) is 4.92. The topological polar surface area (TPSA) is 42.2 Å². The summed E-state index contributed by atoms with van der Waals surface area (Å²) in [5.41, 5.74) is 2.32. The number of nitrogens with one attached hydrogen (secondary N) is 1. The predicted octanol–water partition coefficient (Wildman–Crippen LogP) is 0.806. The molecule has 0 aliphatic carbocycles. The van der Waals surface area contributed by atoms with Gasteiger partial charge in [0.1, 0.15) is 0 Å². The van der Waals surface area contributed by atoms with E-state index in [1.54, 1.807) is 6.20 Å². The van der Waals surface area contributed by atoms with Crippen LogP contribution < -0.4 is 5.32 Å². The van der Waals surface area contributed by atoms with Crippen LogP contribution in [0, 0.1) is 0 Å². The Labute approximate surface area is 82.0 Å². The molecule has 14 heavy (non-hydrogen) atoms. The lowest BCUT2D eigenvalue weighted by molar-refractivity contribution is 0.746. The molecule has 0 bridgehead atoms. The molecule has 0 radical (unpaired) electrons. The van der Waals surface area contributed by atoms with E-state index in [1.165, 1.54) is 12.1 Å². The highest BCUT2D eigenvalue weighted by atomic mass is 15.0. The van der Waals surface area contributed by atoms with Gasteiger partial charge in [0.05, 0.1) is 23.7 Å². The van der Waals surface area contributed by atoms with Crippen molar-refractivity contribution in [2.45, 2.75) is 12.3 Å². The Bertz CT molecular complexity index is 442. The standard InChI is InChI=1S/C10H12N4/c1-2-11-5-8(1)10-9-6-12-3-4-14(9)7-13-10/h3-4,6-8,11H,1-2,5H2. The van der Waals surface area contributed by atoms with E-state index in [4.69, 9.17) is 0 Å². The predicted molar refractivity (Wildman–Crippen MR) is 53.2 cm³/mol. The third kappa shape index (κ3) is 1.11. The summed E-state index contributed by atoms with van der Waals surface area (Å²) < 4.78 is 2.03. The van der Waals surface area contributed by atoms with Crippen LogP contribution in [-0.2, 0) is 0 Å². The zero-order chi connectivity index (χ0) is 9.38. The molecule has 1 aliphatic rings. The van der Waals surface area contributed by atoms with Crippen LogP contribution in [0.25, 0.3) is 5.52 Å².